The van der Waals surface area contributed by atoms with Gasteiger partial charge >= 0.3 is 0 Å². The third kappa shape index (κ3) is 4.51. The minimum atomic E-state index is 0.720. The molecule has 1 fully saturated rings. The zero-order chi connectivity index (χ0) is 16.8. The predicted molar refractivity (Wildman–Crippen MR) is 94.9 cm³/mol. The maximum Gasteiger partial charge on any atom is 0.161 e. The summed E-state index contributed by atoms with van der Waals surface area (Å²) in [6.07, 6.45) is 4.51. The van der Waals surface area contributed by atoms with Crippen LogP contribution in [0.15, 0.2) is 24.3 Å². The number of likely N-dealkylation sites (tertiary alicyclic amines) is 1. The number of aryl methyl sites for hydroxylation is 1. The zero-order valence-electron chi connectivity index (χ0n) is 14.7. The fourth-order valence-corrected chi connectivity index (χ4v) is 3.19. The van der Waals surface area contributed by atoms with E-state index in [-0.39, 0.29) is 0 Å². The summed E-state index contributed by atoms with van der Waals surface area (Å²) in [5.41, 5.74) is 3.30. The summed E-state index contributed by atoms with van der Waals surface area (Å²) in [5.74, 6) is 1.61. The molecule has 24 heavy (non-hydrogen) atoms. The summed E-state index contributed by atoms with van der Waals surface area (Å²) in [7, 11) is 1.68. The Balaban J connectivity index is 1.56. The van der Waals surface area contributed by atoms with Crippen molar-refractivity contribution in [1.29, 1.82) is 0 Å². The van der Waals surface area contributed by atoms with E-state index in [2.05, 4.69) is 33.3 Å². The van der Waals surface area contributed by atoms with Gasteiger partial charge in [-0.05, 0) is 63.0 Å². The lowest BCUT2D eigenvalue weighted by atomic mass is 10.1. The number of ether oxygens (including phenoxy) is 2. The van der Waals surface area contributed by atoms with E-state index >= 15 is 0 Å². The molecule has 1 aliphatic heterocycles. The highest BCUT2D eigenvalue weighted by molar-refractivity contribution is 5.43. The van der Waals surface area contributed by atoms with Gasteiger partial charge in [-0.25, -0.2) is 0 Å². The molecule has 0 aliphatic carbocycles. The Morgan fingerprint density at radius 3 is 2.71 bits per heavy atom. The third-order valence-corrected chi connectivity index (χ3v) is 4.45. The summed E-state index contributed by atoms with van der Waals surface area (Å²) in [5, 5.41) is 7.28. The van der Waals surface area contributed by atoms with Crippen molar-refractivity contribution in [3.8, 4) is 11.5 Å². The normalized spacial score (nSPS) is 14.9. The fourth-order valence-electron chi connectivity index (χ4n) is 3.19. The molecule has 0 radical (unpaired) electrons. The number of benzene rings is 1. The lowest BCUT2D eigenvalue weighted by Crippen LogP contribution is -2.21. The van der Waals surface area contributed by atoms with Crippen molar-refractivity contribution < 1.29 is 9.47 Å². The van der Waals surface area contributed by atoms with Gasteiger partial charge < -0.3 is 14.4 Å². The third-order valence-electron chi connectivity index (χ3n) is 4.45. The largest absolute Gasteiger partial charge is 0.493 e. The monoisotopic (exact) mass is 329 g/mol. The molecule has 1 aromatic carbocycles. The second-order valence-corrected chi connectivity index (χ2v) is 6.46. The summed E-state index contributed by atoms with van der Waals surface area (Å²) in [4.78, 5) is 2.51. The highest BCUT2D eigenvalue weighted by atomic mass is 16.5. The van der Waals surface area contributed by atoms with Crippen LogP contribution in [0.25, 0.3) is 0 Å². The van der Waals surface area contributed by atoms with E-state index in [0.717, 1.165) is 48.9 Å². The summed E-state index contributed by atoms with van der Waals surface area (Å²) < 4.78 is 11.4. The van der Waals surface area contributed by atoms with E-state index in [9.17, 15) is 0 Å². The van der Waals surface area contributed by atoms with E-state index in [4.69, 9.17) is 9.47 Å². The molecule has 130 valence electrons. The second-order valence-electron chi connectivity index (χ2n) is 6.46. The van der Waals surface area contributed by atoms with E-state index < -0.39 is 0 Å². The van der Waals surface area contributed by atoms with Crippen molar-refractivity contribution in [1.82, 2.24) is 15.1 Å². The first-order chi connectivity index (χ1) is 11.7. The van der Waals surface area contributed by atoms with Gasteiger partial charge in [0.05, 0.1) is 19.4 Å². The molecule has 5 nitrogen and oxygen atoms in total. The molecule has 5 heteroatoms. The molecule has 1 aliphatic rings. The lowest BCUT2D eigenvalue weighted by Gasteiger charge is -2.16. The number of nitrogens with one attached hydrogen (secondary N) is 1. The molecular weight excluding hydrogens is 302 g/mol. The van der Waals surface area contributed by atoms with Gasteiger partial charge in [0, 0.05) is 18.7 Å². The van der Waals surface area contributed by atoms with Gasteiger partial charge in [-0.3, -0.25) is 5.10 Å². The van der Waals surface area contributed by atoms with E-state index in [1.54, 1.807) is 7.11 Å². The van der Waals surface area contributed by atoms with Crippen LogP contribution in [0, 0.1) is 6.92 Å². The molecule has 1 aromatic heterocycles. The minimum Gasteiger partial charge on any atom is -0.493 e. The van der Waals surface area contributed by atoms with E-state index in [0.29, 0.717) is 0 Å². The molecule has 2 heterocycles. The lowest BCUT2D eigenvalue weighted by molar-refractivity contribution is 0.254. The van der Waals surface area contributed by atoms with Gasteiger partial charge in [-0.1, -0.05) is 6.07 Å². The van der Waals surface area contributed by atoms with Crippen molar-refractivity contribution in [2.45, 2.75) is 32.6 Å². The molecule has 1 N–H and O–H groups in total. The van der Waals surface area contributed by atoms with Crippen molar-refractivity contribution in [2.75, 3.05) is 33.4 Å². The topological polar surface area (TPSA) is 50.4 Å². The Hall–Kier alpha value is -2.01. The molecule has 0 bridgehead atoms. The molecule has 2 aromatic rings. The van der Waals surface area contributed by atoms with Gasteiger partial charge in [0.25, 0.3) is 0 Å². The van der Waals surface area contributed by atoms with E-state index in [1.165, 1.54) is 31.5 Å². The van der Waals surface area contributed by atoms with Crippen molar-refractivity contribution in [3.05, 3.63) is 41.2 Å². The first-order valence-electron chi connectivity index (χ1n) is 8.77. The summed E-state index contributed by atoms with van der Waals surface area (Å²) in [6.45, 7) is 6.33. The molecule has 3 rings (SSSR count). The maximum absolute atomic E-state index is 5.99. The number of aromatic amines is 1. The number of H-pyrrole nitrogens is 1. The van der Waals surface area contributed by atoms with Crippen molar-refractivity contribution in [3.63, 3.8) is 0 Å². The summed E-state index contributed by atoms with van der Waals surface area (Å²) >= 11 is 0. The van der Waals surface area contributed by atoms with Gasteiger partial charge in [-0.15, -0.1) is 0 Å². The number of nitrogens with zero attached hydrogens (tertiary/aromatic N) is 2. The quantitative estimate of drug-likeness (QED) is 0.756. The molecule has 0 spiro atoms. The van der Waals surface area contributed by atoms with Gasteiger partial charge in [0.2, 0.25) is 0 Å². The van der Waals surface area contributed by atoms with Crippen molar-refractivity contribution >= 4 is 0 Å². The Labute approximate surface area is 144 Å². The molecule has 0 atom stereocenters. The average Bonchev–Trinajstić information content (AvgIpc) is 3.24. The van der Waals surface area contributed by atoms with Gasteiger partial charge in [0.15, 0.2) is 11.5 Å². The Kier molecular flexibility index (Phi) is 5.75. The highest BCUT2D eigenvalue weighted by Crippen LogP contribution is 2.29. The average molecular weight is 329 g/mol. The van der Waals surface area contributed by atoms with Crippen LogP contribution < -0.4 is 9.47 Å². The standard InChI is InChI=1S/C19H27N3O2/c1-15-12-17(21-20-15)13-16-6-7-18(23-2)19(14-16)24-11-5-10-22-8-3-4-9-22/h6-7,12,14H,3-5,8-11,13H2,1-2H3,(H,20,21). The number of methoxy groups -OCH3 is 1. The maximum atomic E-state index is 5.99. The summed E-state index contributed by atoms with van der Waals surface area (Å²) in [6, 6.07) is 8.18. The first kappa shape index (κ1) is 16.8. The number of hydrogen-bond acceptors (Lipinski definition) is 4. The molecule has 0 amide bonds. The second kappa shape index (κ2) is 8.20. The predicted octanol–water partition coefficient (Wildman–Crippen LogP) is 3.18. The van der Waals surface area contributed by atoms with Crippen molar-refractivity contribution in [2.24, 2.45) is 0 Å². The van der Waals surface area contributed by atoms with Crippen LogP contribution in [0.3, 0.4) is 0 Å². The number of hydrogen-bond donors (Lipinski definition) is 1. The molecular formula is C19H27N3O2. The van der Waals surface area contributed by atoms with Crippen LogP contribution in [-0.4, -0.2) is 48.4 Å². The zero-order valence-corrected chi connectivity index (χ0v) is 14.7. The van der Waals surface area contributed by atoms with E-state index in [1.807, 2.05) is 13.0 Å². The van der Waals surface area contributed by atoms with Crippen LogP contribution in [0.5, 0.6) is 11.5 Å². The fraction of sp³-hybridized carbons (Fsp3) is 0.526. The van der Waals surface area contributed by atoms with Crippen LogP contribution in [0.1, 0.15) is 36.2 Å². The highest BCUT2D eigenvalue weighted by Gasteiger charge is 2.11. The Morgan fingerprint density at radius 2 is 2.00 bits per heavy atom. The number of rotatable bonds is 8. The van der Waals surface area contributed by atoms with Crippen LogP contribution in [0.2, 0.25) is 0 Å². The SMILES string of the molecule is COc1ccc(Cc2cc(C)[nH]n2)cc1OCCCN1CCCC1. The molecule has 1 saturated heterocycles. The Bertz CT molecular complexity index is 648. The van der Waals surface area contributed by atoms with Gasteiger partial charge in [-0.2, -0.15) is 5.10 Å². The number of aromatic nitrogens is 2. The van der Waals surface area contributed by atoms with Gasteiger partial charge in [0.1, 0.15) is 0 Å². The minimum absolute atomic E-state index is 0.720. The van der Waals surface area contributed by atoms with Crippen LogP contribution >= 0.6 is 0 Å². The Morgan fingerprint density at radius 1 is 1.17 bits per heavy atom. The smallest absolute Gasteiger partial charge is 0.161 e. The van der Waals surface area contributed by atoms with Crippen LogP contribution in [-0.2, 0) is 6.42 Å². The molecule has 0 saturated carbocycles. The molecule has 0 unspecified atom stereocenters. The first-order valence-corrected chi connectivity index (χ1v) is 8.77. The van der Waals surface area contributed by atoms with Crippen LogP contribution in [0.4, 0.5) is 0 Å².